The second-order valence-corrected chi connectivity index (χ2v) is 3.64. The Morgan fingerprint density at radius 1 is 1.31 bits per heavy atom. The average molecular weight is 180 g/mol. The first-order valence-corrected chi connectivity index (χ1v) is 4.85. The maximum Gasteiger partial charge on any atom is 0.134 e. The summed E-state index contributed by atoms with van der Waals surface area (Å²) >= 11 is 0. The van der Waals surface area contributed by atoms with E-state index >= 15 is 0 Å². The zero-order valence-electron chi connectivity index (χ0n) is 7.74. The Morgan fingerprint density at radius 3 is 2.62 bits per heavy atom. The molecule has 13 heavy (non-hydrogen) atoms. The Hall–Kier alpha value is -0.800. The molecule has 2 aliphatic rings. The Morgan fingerprint density at radius 2 is 2.08 bits per heavy atom. The van der Waals surface area contributed by atoms with Gasteiger partial charge >= 0.3 is 0 Å². The van der Waals surface area contributed by atoms with Crippen molar-refractivity contribution in [2.24, 2.45) is 0 Å². The van der Waals surface area contributed by atoms with Gasteiger partial charge < -0.3 is 10.4 Å². The number of nitrogens with one attached hydrogen (secondary N) is 1. The summed E-state index contributed by atoms with van der Waals surface area (Å²) in [5, 5.41) is 12.6. The summed E-state index contributed by atoms with van der Waals surface area (Å²) in [5.41, 5.74) is -0.328. The summed E-state index contributed by atoms with van der Waals surface area (Å²) in [5.74, 6) is 0. The Labute approximate surface area is 78.7 Å². The predicted molar refractivity (Wildman–Crippen MR) is 52.0 cm³/mol. The molecule has 0 bridgehead atoms. The van der Waals surface area contributed by atoms with Crippen LogP contribution in [0.3, 0.4) is 0 Å². The minimum atomic E-state index is -0.328. The molecule has 3 nitrogen and oxygen atoms in total. The van der Waals surface area contributed by atoms with Gasteiger partial charge in [-0.3, -0.25) is 4.90 Å². The molecule has 0 amide bonds. The van der Waals surface area contributed by atoms with E-state index in [1.165, 1.54) is 12.8 Å². The molecule has 0 aliphatic carbocycles. The normalized spacial score (nSPS) is 33.6. The molecule has 3 heteroatoms. The summed E-state index contributed by atoms with van der Waals surface area (Å²) in [4.78, 5) is 2.30. The third-order valence-electron chi connectivity index (χ3n) is 2.82. The number of aliphatic hydroxyl groups is 1. The van der Waals surface area contributed by atoms with Crippen molar-refractivity contribution in [1.29, 1.82) is 0 Å². The van der Waals surface area contributed by atoms with E-state index in [2.05, 4.69) is 10.2 Å². The minimum absolute atomic E-state index is 0.133. The van der Waals surface area contributed by atoms with Crippen LogP contribution in [0.15, 0.2) is 24.4 Å². The van der Waals surface area contributed by atoms with Gasteiger partial charge in [-0.05, 0) is 31.2 Å². The third kappa shape index (κ3) is 1.49. The number of hydrogen-bond donors (Lipinski definition) is 2. The predicted octanol–water partition coefficient (Wildman–Crippen LogP) is 0.444. The molecule has 0 spiro atoms. The first-order valence-electron chi connectivity index (χ1n) is 4.85. The number of aliphatic hydroxyl groups excluding tert-OH is 1. The minimum Gasteiger partial charge on any atom is -0.392 e. The van der Waals surface area contributed by atoms with E-state index in [1.54, 1.807) is 0 Å². The molecule has 0 unspecified atom stereocenters. The molecule has 1 atom stereocenters. The second kappa shape index (κ2) is 3.52. The number of dihydropyridines is 1. The lowest BCUT2D eigenvalue weighted by atomic mass is 10.1. The van der Waals surface area contributed by atoms with Gasteiger partial charge in [-0.25, -0.2) is 0 Å². The van der Waals surface area contributed by atoms with E-state index in [0.717, 1.165) is 13.1 Å². The fraction of sp³-hybridized carbons (Fsp3) is 0.600. The van der Waals surface area contributed by atoms with Crippen molar-refractivity contribution in [2.75, 3.05) is 19.7 Å². The number of hydrogen-bond acceptors (Lipinski definition) is 3. The second-order valence-electron chi connectivity index (χ2n) is 3.64. The summed E-state index contributed by atoms with van der Waals surface area (Å²) in [6.07, 6.45) is 10.4. The number of likely N-dealkylation sites (tertiary alicyclic amines) is 1. The molecule has 2 heterocycles. The first kappa shape index (κ1) is 8.78. The van der Waals surface area contributed by atoms with E-state index in [4.69, 9.17) is 0 Å². The van der Waals surface area contributed by atoms with E-state index < -0.39 is 0 Å². The average Bonchev–Trinajstić information content (AvgIpc) is 2.72. The zero-order valence-corrected chi connectivity index (χ0v) is 7.74. The van der Waals surface area contributed by atoms with E-state index in [9.17, 15) is 5.11 Å². The van der Waals surface area contributed by atoms with E-state index in [-0.39, 0.29) is 12.3 Å². The van der Waals surface area contributed by atoms with Crippen molar-refractivity contribution in [3.8, 4) is 0 Å². The molecule has 2 rings (SSSR count). The van der Waals surface area contributed by atoms with Crippen LogP contribution in [0.5, 0.6) is 0 Å². The summed E-state index contributed by atoms with van der Waals surface area (Å²) in [6, 6.07) is 0. The van der Waals surface area contributed by atoms with Crippen molar-refractivity contribution in [3.63, 3.8) is 0 Å². The molecule has 1 saturated heterocycles. The highest BCUT2D eigenvalue weighted by Crippen LogP contribution is 2.21. The van der Waals surface area contributed by atoms with Gasteiger partial charge in [0.05, 0.1) is 6.61 Å². The van der Waals surface area contributed by atoms with Crippen molar-refractivity contribution < 1.29 is 5.11 Å². The van der Waals surface area contributed by atoms with Crippen LogP contribution < -0.4 is 5.32 Å². The van der Waals surface area contributed by atoms with Gasteiger partial charge in [-0.2, -0.15) is 0 Å². The highest BCUT2D eigenvalue weighted by molar-refractivity contribution is 5.19. The summed E-state index contributed by atoms with van der Waals surface area (Å²) in [6.45, 7) is 2.28. The smallest absolute Gasteiger partial charge is 0.134 e. The van der Waals surface area contributed by atoms with Gasteiger partial charge in [0.25, 0.3) is 0 Å². The Bertz CT molecular complexity index is 231. The van der Waals surface area contributed by atoms with E-state index in [0.29, 0.717) is 0 Å². The summed E-state index contributed by atoms with van der Waals surface area (Å²) in [7, 11) is 0. The molecular weight excluding hydrogens is 164 g/mol. The standard InChI is InChI=1S/C10H16N2O/c13-9-10(5-1-2-6-11-10)12-7-3-4-8-12/h1-2,5-6,11,13H,3-4,7-9H2/t10-/m0/s1. The van der Waals surface area contributed by atoms with Crippen LogP contribution in [0.4, 0.5) is 0 Å². The fourth-order valence-electron chi connectivity index (χ4n) is 2.02. The summed E-state index contributed by atoms with van der Waals surface area (Å²) < 4.78 is 0. The molecule has 1 fully saturated rings. The molecular formula is C10H16N2O. The number of allylic oxidation sites excluding steroid dienone is 2. The number of nitrogens with zero attached hydrogens (tertiary/aromatic N) is 1. The van der Waals surface area contributed by atoms with Crippen LogP contribution in [0.1, 0.15) is 12.8 Å². The van der Waals surface area contributed by atoms with Gasteiger partial charge in [0, 0.05) is 13.1 Å². The van der Waals surface area contributed by atoms with Crippen molar-refractivity contribution in [2.45, 2.75) is 18.5 Å². The largest absolute Gasteiger partial charge is 0.392 e. The molecule has 2 N–H and O–H groups in total. The van der Waals surface area contributed by atoms with Gasteiger partial charge in [0.1, 0.15) is 5.66 Å². The van der Waals surface area contributed by atoms with Gasteiger partial charge in [-0.1, -0.05) is 6.08 Å². The number of rotatable bonds is 2. The van der Waals surface area contributed by atoms with Crippen LogP contribution in [0, 0.1) is 0 Å². The maximum absolute atomic E-state index is 9.41. The maximum atomic E-state index is 9.41. The first-order chi connectivity index (χ1) is 6.37. The molecule has 0 aromatic rings. The van der Waals surface area contributed by atoms with E-state index in [1.807, 2.05) is 24.4 Å². The molecule has 0 radical (unpaired) electrons. The van der Waals surface area contributed by atoms with Crippen LogP contribution in [0.25, 0.3) is 0 Å². The van der Waals surface area contributed by atoms with Gasteiger partial charge in [0.15, 0.2) is 0 Å². The highest BCUT2D eigenvalue weighted by atomic mass is 16.3. The molecule has 2 aliphatic heterocycles. The lowest BCUT2D eigenvalue weighted by Crippen LogP contribution is -2.58. The van der Waals surface area contributed by atoms with Gasteiger partial charge in [0.2, 0.25) is 0 Å². The van der Waals surface area contributed by atoms with Crippen LogP contribution in [0.2, 0.25) is 0 Å². The monoisotopic (exact) mass is 180 g/mol. The Kier molecular flexibility index (Phi) is 2.38. The third-order valence-corrected chi connectivity index (χ3v) is 2.82. The molecule has 0 saturated carbocycles. The van der Waals surface area contributed by atoms with Crippen LogP contribution in [-0.4, -0.2) is 35.4 Å². The highest BCUT2D eigenvalue weighted by Gasteiger charge is 2.34. The van der Waals surface area contributed by atoms with Gasteiger partial charge in [-0.15, -0.1) is 0 Å². The zero-order chi connectivity index (χ0) is 9.15. The quantitative estimate of drug-likeness (QED) is 0.647. The van der Waals surface area contributed by atoms with Crippen molar-refractivity contribution in [1.82, 2.24) is 10.2 Å². The molecule has 0 aromatic carbocycles. The van der Waals surface area contributed by atoms with Crippen LogP contribution >= 0.6 is 0 Å². The molecule has 72 valence electrons. The molecule has 0 aromatic heterocycles. The van der Waals surface area contributed by atoms with Crippen molar-refractivity contribution in [3.05, 3.63) is 24.4 Å². The topological polar surface area (TPSA) is 35.5 Å². The van der Waals surface area contributed by atoms with Crippen molar-refractivity contribution >= 4 is 0 Å². The van der Waals surface area contributed by atoms with Crippen LogP contribution in [-0.2, 0) is 0 Å². The lowest BCUT2D eigenvalue weighted by Gasteiger charge is -2.39. The lowest BCUT2D eigenvalue weighted by molar-refractivity contribution is 0.0680. The Balaban J connectivity index is 2.14. The SMILES string of the molecule is OC[C@@]1(N2CCCC2)C=CC=CN1. The fourth-order valence-corrected chi connectivity index (χ4v) is 2.02.